The Labute approximate surface area is 94.9 Å². The minimum absolute atomic E-state index is 1.04. The van der Waals surface area contributed by atoms with E-state index in [1.165, 1.54) is 5.56 Å². The van der Waals surface area contributed by atoms with Gasteiger partial charge < -0.3 is 9.72 Å². The van der Waals surface area contributed by atoms with E-state index in [1.807, 2.05) is 12.5 Å². The van der Waals surface area contributed by atoms with Crippen LogP contribution in [0.15, 0.2) is 30.9 Å². The number of pyridine rings is 1. The molecule has 0 unspecified atom stereocenters. The van der Waals surface area contributed by atoms with Crippen molar-refractivity contribution in [2.45, 2.75) is 6.54 Å². The van der Waals surface area contributed by atoms with Crippen LogP contribution in [0.1, 0.15) is 5.56 Å². The second-order valence-electron chi connectivity index (χ2n) is 4.29. The molecule has 4 heteroatoms. The average Bonchev–Trinajstić information content (AvgIpc) is 2.77. The number of hydrogen-bond acceptors (Lipinski definition) is 3. The molecule has 4 nitrogen and oxygen atoms in total. The molecule has 0 radical (unpaired) electrons. The highest BCUT2D eigenvalue weighted by atomic mass is 15.2. The summed E-state index contributed by atoms with van der Waals surface area (Å²) in [5.74, 6) is 0. The zero-order chi connectivity index (χ0) is 10.8. The number of hydrogen-bond donors (Lipinski definition) is 1. The summed E-state index contributed by atoms with van der Waals surface area (Å²) in [5, 5.41) is 3.37. The van der Waals surface area contributed by atoms with Gasteiger partial charge in [0.1, 0.15) is 0 Å². The third kappa shape index (κ3) is 1.94. The second-order valence-corrected chi connectivity index (χ2v) is 4.29. The molecule has 3 rings (SSSR count). The summed E-state index contributed by atoms with van der Waals surface area (Å²) in [6.07, 6.45) is 5.91. The zero-order valence-corrected chi connectivity index (χ0v) is 9.26. The molecule has 1 saturated heterocycles. The lowest BCUT2D eigenvalue weighted by Crippen LogP contribution is -2.42. The Morgan fingerprint density at radius 3 is 3.00 bits per heavy atom. The van der Waals surface area contributed by atoms with Crippen LogP contribution in [0.5, 0.6) is 0 Å². The first kappa shape index (κ1) is 9.81. The summed E-state index contributed by atoms with van der Waals surface area (Å²) in [5.41, 5.74) is 2.51. The van der Waals surface area contributed by atoms with Gasteiger partial charge in [0.2, 0.25) is 0 Å². The van der Waals surface area contributed by atoms with Crippen molar-refractivity contribution >= 4 is 5.52 Å². The lowest BCUT2D eigenvalue weighted by molar-refractivity contribution is 0.233. The van der Waals surface area contributed by atoms with Gasteiger partial charge in [-0.1, -0.05) is 6.07 Å². The average molecular weight is 216 g/mol. The smallest absolute Gasteiger partial charge is 0.0992 e. The van der Waals surface area contributed by atoms with Crippen molar-refractivity contribution in [1.82, 2.24) is 19.6 Å². The number of nitrogens with zero attached hydrogens (tertiary/aromatic N) is 3. The first-order chi connectivity index (χ1) is 7.92. The van der Waals surface area contributed by atoms with Gasteiger partial charge in [-0.15, -0.1) is 0 Å². The molecule has 1 aliphatic heterocycles. The lowest BCUT2D eigenvalue weighted by Gasteiger charge is -2.27. The summed E-state index contributed by atoms with van der Waals surface area (Å²) in [6.45, 7) is 5.53. The van der Waals surface area contributed by atoms with Crippen molar-refractivity contribution in [3.8, 4) is 0 Å². The summed E-state index contributed by atoms with van der Waals surface area (Å²) < 4.78 is 2.08. The normalized spacial score (nSPS) is 18.0. The number of fused-ring (bicyclic) bond motifs is 1. The number of aromatic nitrogens is 2. The molecule has 1 aliphatic rings. The Morgan fingerprint density at radius 2 is 2.12 bits per heavy atom. The molecule has 1 fully saturated rings. The highest BCUT2D eigenvalue weighted by molar-refractivity contribution is 5.45. The molecule has 2 aromatic heterocycles. The molecule has 0 spiro atoms. The maximum absolute atomic E-state index is 4.13. The van der Waals surface area contributed by atoms with Gasteiger partial charge in [0, 0.05) is 38.9 Å². The fourth-order valence-electron chi connectivity index (χ4n) is 2.19. The van der Waals surface area contributed by atoms with Crippen molar-refractivity contribution in [1.29, 1.82) is 0 Å². The fraction of sp³-hybridized carbons (Fsp3) is 0.417. The van der Waals surface area contributed by atoms with Crippen molar-refractivity contribution in [2.75, 3.05) is 26.2 Å². The maximum atomic E-state index is 4.13. The van der Waals surface area contributed by atoms with Crippen molar-refractivity contribution in [2.24, 2.45) is 0 Å². The number of nitrogens with one attached hydrogen (secondary N) is 1. The minimum Gasteiger partial charge on any atom is -0.314 e. The van der Waals surface area contributed by atoms with E-state index in [9.17, 15) is 0 Å². The molecule has 3 heterocycles. The van der Waals surface area contributed by atoms with Gasteiger partial charge in [-0.2, -0.15) is 0 Å². The molecule has 2 aromatic rings. The monoisotopic (exact) mass is 216 g/mol. The van der Waals surface area contributed by atoms with E-state index >= 15 is 0 Å². The van der Waals surface area contributed by atoms with Crippen LogP contribution >= 0.6 is 0 Å². The molecule has 0 atom stereocenters. The molecule has 0 saturated carbocycles. The quantitative estimate of drug-likeness (QED) is 0.803. The van der Waals surface area contributed by atoms with E-state index in [2.05, 4.69) is 37.9 Å². The Kier molecular flexibility index (Phi) is 2.60. The van der Waals surface area contributed by atoms with E-state index in [0.717, 1.165) is 38.2 Å². The predicted octanol–water partition coefficient (Wildman–Crippen LogP) is 0.739. The highest BCUT2D eigenvalue weighted by Gasteiger charge is 2.09. The molecule has 16 heavy (non-hydrogen) atoms. The van der Waals surface area contributed by atoms with Gasteiger partial charge in [0.15, 0.2) is 0 Å². The molecule has 1 N–H and O–H groups in total. The summed E-state index contributed by atoms with van der Waals surface area (Å²) in [6, 6.07) is 4.32. The summed E-state index contributed by atoms with van der Waals surface area (Å²) in [7, 11) is 0. The first-order valence-electron chi connectivity index (χ1n) is 5.75. The predicted molar refractivity (Wildman–Crippen MR) is 63.3 cm³/mol. The molecule has 0 aromatic carbocycles. The minimum atomic E-state index is 1.04. The molecule has 0 amide bonds. The van der Waals surface area contributed by atoms with Gasteiger partial charge in [-0.25, -0.2) is 4.98 Å². The van der Waals surface area contributed by atoms with Crippen molar-refractivity contribution < 1.29 is 0 Å². The van der Waals surface area contributed by atoms with Crippen LogP contribution in [0.4, 0.5) is 0 Å². The lowest BCUT2D eigenvalue weighted by atomic mass is 10.2. The number of imidazole rings is 1. The van der Waals surface area contributed by atoms with E-state index in [1.54, 1.807) is 0 Å². The zero-order valence-electron chi connectivity index (χ0n) is 9.26. The van der Waals surface area contributed by atoms with Gasteiger partial charge in [0.05, 0.1) is 18.0 Å². The third-order valence-electron chi connectivity index (χ3n) is 3.08. The topological polar surface area (TPSA) is 32.6 Å². The maximum Gasteiger partial charge on any atom is 0.0992 e. The Bertz CT molecular complexity index is 471. The molecular weight excluding hydrogens is 200 g/mol. The number of rotatable bonds is 2. The van der Waals surface area contributed by atoms with E-state index < -0.39 is 0 Å². The Hall–Kier alpha value is -1.39. The largest absolute Gasteiger partial charge is 0.314 e. The standard InChI is InChI=1S/C12H16N4/c1-2-12-7-14-10-16(12)9-11(1)8-15-5-3-13-4-6-15/h1-2,7,9-10,13H,3-6,8H2. The van der Waals surface area contributed by atoms with Crippen LogP contribution in [0.25, 0.3) is 5.52 Å². The summed E-state index contributed by atoms with van der Waals surface area (Å²) in [4.78, 5) is 6.61. The van der Waals surface area contributed by atoms with Gasteiger partial charge in [-0.05, 0) is 11.6 Å². The van der Waals surface area contributed by atoms with E-state index in [0.29, 0.717) is 0 Å². The highest BCUT2D eigenvalue weighted by Crippen LogP contribution is 2.08. The van der Waals surface area contributed by atoms with E-state index in [4.69, 9.17) is 0 Å². The summed E-state index contributed by atoms with van der Waals surface area (Å²) >= 11 is 0. The van der Waals surface area contributed by atoms with Crippen LogP contribution in [0, 0.1) is 0 Å². The van der Waals surface area contributed by atoms with Crippen LogP contribution in [-0.2, 0) is 6.54 Å². The van der Waals surface area contributed by atoms with E-state index in [-0.39, 0.29) is 0 Å². The van der Waals surface area contributed by atoms with Crippen LogP contribution in [0.2, 0.25) is 0 Å². The Balaban J connectivity index is 1.77. The number of piperazine rings is 1. The fourth-order valence-corrected chi connectivity index (χ4v) is 2.19. The SMILES string of the molecule is c1cc2cncn2cc1CN1CCNCC1. The second kappa shape index (κ2) is 4.23. The van der Waals surface area contributed by atoms with Crippen LogP contribution in [-0.4, -0.2) is 40.5 Å². The van der Waals surface area contributed by atoms with Gasteiger partial charge in [-0.3, -0.25) is 4.90 Å². The van der Waals surface area contributed by atoms with Crippen LogP contribution < -0.4 is 5.32 Å². The van der Waals surface area contributed by atoms with Crippen molar-refractivity contribution in [3.05, 3.63) is 36.4 Å². The van der Waals surface area contributed by atoms with Gasteiger partial charge >= 0.3 is 0 Å². The molecular formula is C12H16N4. The van der Waals surface area contributed by atoms with Crippen molar-refractivity contribution in [3.63, 3.8) is 0 Å². The molecule has 84 valence electrons. The molecule has 0 aliphatic carbocycles. The third-order valence-corrected chi connectivity index (χ3v) is 3.08. The molecule has 0 bridgehead atoms. The Morgan fingerprint density at radius 1 is 1.25 bits per heavy atom. The van der Waals surface area contributed by atoms with Gasteiger partial charge in [0.25, 0.3) is 0 Å². The first-order valence-corrected chi connectivity index (χ1v) is 5.75. The van der Waals surface area contributed by atoms with Crippen LogP contribution in [0.3, 0.4) is 0 Å².